The number of rotatable bonds is 3. The molecule has 2 heteroatoms. The van der Waals surface area contributed by atoms with Crippen LogP contribution >= 0.6 is 0 Å². The molecular formula is C37H54O2. The first-order valence-corrected chi connectivity index (χ1v) is 16.2. The fraction of sp³-hybridized carbons (Fsp3) is 0.757. The summed E-state index contributed by atoms with van der Waals surface area (Å²) in [5.74, 6) is 3.57. The molecule has 0 radical (unpaired) electrons. The summed E-state index contributed by atoms with van der Waals surface area (Å²) in [4.78, 5) is 13.1. The fourth-order valence-corrected chi connectivity index (χ4v) is 12.4. The maximum atomic E-state index is 13.1. The largest absolute Gasteiger partial charge is 0.458 e. The first-order chi connectivity index (χ1) is 18.3. The molecule has 0 aliphatic heterocycles. The van der Waals surface area contributed by atoms with Crippen molar-refractivity contribution in [1.29, 1.82) is 0 Å². The lowest BCUT2D eigenvalue weighted by Crippen LogP contribution is -2.66. The Morgan fingerprint density at radius 2 is 1.51 bits per heavy atom. The van der Waals surface area contributed by atoms with E-state index in [1.807, 2.05) is 30.3 Å². The van der Waals surface area contributed by atoms with Crippen LogP contribution in [-0.2, 0) is 4.74 Å². The number of hydrogen-bond acceptors (Lipinski definition) is 2. The number of carbonyl (C=O) groups is 1. The summed E-state index contributed by atoms with van der Waals surface area (Å²) in [6, 6.07) is 9.57. The van der Waals surface area contributed by atoms with Crippen LogP contribution in [-0.4, -0.2) is 12.1 Å². The van der Waals surface area contributed by atoms with Gasteiger partial charge in [0.05, 0.1) is 5.56 Å². The number of carbonyl (C=O) groups excluding carboxylic acids is 1. The molecule has 39 heavy (non-hydrogen) atoms. The third kappa shape index (κ3) is 3.74. The van der Waals surface area contributed by atoms with Crippen molar-refractivity contribution in [2.45, 2.75) is 119 Å². The van der Waals surface area contributed by atoms with Crippen molar-refractivity contribution in [3.8, 4) is 0 Å². The molecule has 5 aliphatic carbocycles. The average Bonchev–Trinajstić information content (AvgIpc) is 3.24. The number of benzene rings is 1. The van der Waals surface area contributed by atoms with Gasteiger partial charge in [-0.15, -0.1) is 0 Å². The second-order valence-corrected chi connectivity index (χ2v) is 16.5. The van der Waals surface area contributed by atoms with Gasteiger partial charge < -0.3 is 4.74 Å². The number of allylic oxidation sites excluding steroid dienone is 1. The highest BCUT2D eigenvalue weighted by Crippen LogP contribution is 2.77. The molecule has 10 atom stereocenters. The van der Waals surface area contributed by atoms with E-state index in [2.05, 4.69) is 55.0 Å². The van der Waals surface area contributed by atoms with Crippen molar-refractivity contribution in [2.75, 3.05) is 0 Å². The van der Waals surface area contributed by atoms with Crippen LogP contribution in [0.1, 0.15) is 123 Å². The molecule has 5 fully saturated rings. The van der Waals surface area contributed by atoms with Gasteiger partial charge in [-0.25, -0.2) is 4.79 Å². The second-order valence-electron chi connectivity index (χ2n) is 16.5. The summed E-state index contributed by atoms with van der Waals surface area (Å²) in [5.41, 5.74) is 3.72. The predicted molar refractivity (Wildman–Crippen MR) is 160 cm³/mol. The van der Waals surface area contributed by atoms with E-state index in [1.54, 1.807) is 0 Å². The molecule has 1 aromatic rings. The lowest BCUT2D eigenvalue weighted by Gasteiger charge is -2.73. The number of hydrogen-bond donors (Lipinski definition) is 0. The molecule has 0 bridgehead atoms. The SMILES string of the molecule is C=C(C)C1CCC2(C)CCC3(C)C(CCC4C5(C)CCC(OC(=O)c6ccccc6)C(C)(C)C5CCC43C)C12. The fourth-order valence-electron chi connectivity index (χ4n) is 12.4. The van der Waals surface area contributed by atoms with E-state index in [0.717, 1.165) is 30.1 Å². The van der Waals surface area contributed by atoms with E-state index in [0.29, 0.717) is 33.1 Å². The van der Waals surface area contributed by atoms with Crippen LogP contribution in [0.3, 0.4) is 0 Å². The monoisotopic (exact) mass is 530 g/mol. The summed E-state index contributed by atoms with van der Waals surface area (Å²) in [5, 5.41) is 0. The Morgan fingerprint density at radius 3 is 2.21 bits per heavy atom. The molecule has 1 aromatic carbocycles. The Morgan fingerprint density at radius 1 is 0.795 bits per heavy atom. The van der Waals surface area contributed by atoms with Crippen LogP contribution in [0.25, 0.3) is 0 Å². The highest BCUT2D eigenvalue weighted by Gasteiger charge is 2.70. The van der Waals surface area contributed by atoms with Gasteiger partial charge in [-0.1, -0.05) is 71.9 Å². The molecule has 0 saturated heterocycles. The Kier molecular flexibility index (Phi) is 6.34. The van der Waals surface area contributed by atoms with Gasteiger partial charge >= 0.3 is 5.97 Å². The maximum Gasteiger partial charge on any atom is 0.338 e. The molecule has 0 spiro atoms. The molecular weight excluding hydrogens is 476 g/mol. The Balaban J connectivity index is 1.28. The Labute approximate surface area is 238 Å². The van der Waals surface area contributed by atoms with Gasteiger partial charge in [-0.3, -0.25) is 0 Å². The van der Waals surface area contributed by atoms with Crippen molar-refractivity contribution in [3.63, 3.8) is 0 Å². The molecule has 5 aliphatic rings. The topological polar surface area (TPSA) is 26.3 Å². The van der Waals surface area contributed by atoms with E-state index < -0.39 is 0 Å². The molecule has 0 heterocycles. The van der Waals surface area contributed by atoms with Gasteiger partial charge in [0.15, 0.2) is 0 Å². The first kappa shape index (κ1) is 27.6. The molecule has 0 N–H and O–H groups in total. The van der Waals surface area contributed by atoms with Crippen LogP contribution in [0.4, 0.5) is 0 Å². The highest BCUT2D eigenvalue weighted by atomic mass is 16.5. The van der Waals surface area contributed by atoms with Gasteiger partial charge in [0.2, 0.25) is 0 Å². The smallest absolute Gasteiger partial charge is 0.338 e. The van der Waals surface area contributed by atoms with Crippen LogP contribution in [0.2, 0.25) is 0 Å². The highest BCUT2D eigenvalue weighted by molar-refractivity contribution is 5.89. The standard InChI is InChI=1S/C37H54O2/c1-24(2)26-16-19-34(5)22-23-36(7)27(31(26)34)14-15-29-35(6)20-18-30(39-32(38)25-12-10-9-11-13-25)33(3,4)28(35)17-21-37(29,36)8/h9-13,26-31H,1,14-23H2,2-8H3. The van der Waals surface area contributed by atoms with Crippen molar-refractivity contribution in [1.82, 2.24) is 0 Å². The zero-order valence-electron chi connectivity index (χ0n) is 25.9. The minimum atomic E-state index is -0.153. The van der Waals surface area contributed by atoms with Crippen molar-refractivity contribution >= 4 is 5.97 Å². The van der Waals surface area contributed by atoms with E-state index in [9.17, 15) is 4.79 Å². The van der Waals surface area contributed by atoms with Crippen molar-refractivity contribution in [2.24, 2.45) is 56.7 Å². The lowest BCUT2D eigenvalue weighted by atomic mass is 9.32. The summed E-state index contributed by atoms with van der Waals surface area (Å²) < 4.78 is 6.30. The van der Waals surface area contributed by atoms with Gasteiger partial charge in [0, 0.05) is 5.41 Å². The molecule has 214 valence electrons. The Hall–Kier alpha value is -1.57. The summed E-state index contributed by atoms with van der Waals surface area (Å²) in [6.07, 6.45) is 13.1. The molecule has 6 rings (SSSR count). The van der Waals surface area contributed by atoms with Crippen molar-refractivity contribution in [3.05, 3.63) is 48.0 Å². The molecule has 2 nitrogen and oxygen atoms in total. The quantitative estimate of drug-likeness (QED) is 0.287. The first-order valence-electron chi connectivity index (χ1n) is 16.2. The van der Waals surface area contributed by atoms with Gasteiger partial charge in [0.1, 0.15) is 6.10 Å². The lowest BCUT2D eigenvalue weighted by molar-refractivity contribution is -0.246. The van der Waals surface area contributed by atoms with Gasteiger partial charge in [-0.05, 0) is 135 Å². The average molecular weight is 531 g/mol. The normalized spacial score (nSPS) is 48.2. The third-order valence-electron chi connectivity index (χ3n) is 14.7. The number of fused-ring (bicyclic) bond motifs is 7. The summed E-state index contributed by atoms with van der Waals surface area (Å²) in [7, 11) is 0. The zero-order chi connectivity index (χ0) is 28.0. The van der Waals surface area contributed by atoms with Crippen LogP contribution in [0.15, 0.2) is 42.5 Å². The maximum absolute atomic E-state index is 13.1. The number of ether oxygens (including phenoxy) is 1. The van der Waals surface area contributed by atoms with Gasteiger partial charge in [0.25, 0.3) is 0 Å². The molecule has 10 unspecified atom stereocenters. The minimum Gasteiger partial charge on any atom is -0.458 e. The molecule has 5 saturated carbocycles. The Bertz CT molecular complexity index is 1140. The molecule has 0 amide bonds. The predicted octanol–water partition coefficient (Wildman–Crippen LogP) is 9.89. The summed E-state index contributed by atoms with van der Waals surface area (Å²) >= 11 is 0. The van der Waals surface area contributed by atoms with Crippen LogP contribution in [0.5, 0.6) is 0 Å². The molecule has 0 aromatic heterocycles. The van der Waals surface area contributed by atoms with Gasteiger partial charge in [-0.2, -0.15) is 0 Å². The van der Waals surface area contributed by atoms with Crippen molar-refractivity contribution < 1.29 is 9.53 Å². The van der Waals surface area contributed by atoms with E-state index in [-0.39, 0.29) is 17.5 Å². The van der Waals surface area contributed by atoms with E-state index in [4.69, 9.17) is 4.74 Å². The zero-order valence-corrected chi connectivity index (χ0v) is 25.9. The van der Waals surface area contributed by atoms with Crippen LogP contribution in [0, 0.1) is 56.7 Å². The minimum absolute atomic E-state index is 0.00948. The second kappa shape index (κ2) is 8.96. The summed E-state index contributed by atoms with van der Waals surface area (Å²) in [6.45, 7) is 22.4. The van der Waals surface area contributed by atoms with E-state index >= 15 is 0 Å². The third-order valence-corrected chi connectivity index (χ3v) is 14.7. The number of esters is 1. The van der Waals surface area contributed by atoms with E-state index in [1.165, 1.54) is 63.4 Å². The van der Waals surface area contributed by atoms with Crippen LogP contribution < -0.4 is 0 Å².